The molecule has 2 amide bonds. The van der Waals surface area contributed by atoms with Gasteiger partial charge in [-0.15, -0.1) is 0 Å². The number of nitrogens with zero attached hydrogens (tertiary/aromatic N) is 1. The normalized spacial score (nSPS) is 18.0. The summed E-state index contributed by atoms with van der Waals surface area (Å²) in [6.07, 6.45) is -0.118. The third kappa shape index (κ3) is 3.59. The molecule has 0 saturated carbocycles. The van der Waals surface area contributed by atoms with Gasteiger partial charge in [-0.1, -0.05) is 41.9 Å². The number of nitrogens with one attached hydrogen (secondary N) is 1. The van der Waals surface area contributed by atoms with E-state index < -0.39 is 0 Å². The van der Waals surface area contributed by atoms with Gasteiger partial charge in [0.1, 0.15) is 6.10 Å². The standard InChI is InChI=1S/C17H17ClN2O2/c18-14-8-6-13(7-9-14)16-12-20(10-11-22-16)17(21)19-15-4-2-1-3-5-15/h1-9,16H,10-12H2,(H,19,21)/t16-/m0/s1. The Bertz CT molecular complexity index is 631. The molecule has 0 aromatic heterocycles. The van der Waals surface area contributed by atoms with Gasteiger partial charge in [0.25, 0.3) is 0 Å². The number of morpholine rings is 1. The predicted octanol–water partition coefficient (Wildman–Crippen LogP) is 3.95. The van der Waals surface area contributed by atoms with Crippen LogP contribution in [0.3, 0.4) is 0 Å². The third-order valence-electron chi connectivity index (χ3n) is 3.62. The molecule has 1 heterocycles. The molecule has 2 aromatic rings. The Morgan fingerprint density at radius 1 is 1.14 bits per heavy atom. The zero-order chi connectivity index (χ0) is 15.4. The molecular weight excluding hydrogens is 300 g/mol. The molecule has 4 nitrogen and oxygen atoms in total. The van der Waals surface area contributed by atoms with Gasteiger partial charge in [0.05, 0.1) is 13.2 Å². The van der Waals surface area contributed by atoms with Gasteiger partial charge in [-0.2, -0.15) is 0 Å². The summed E-state index contributed by atoms with van der Waals surface area (Å²) in [6.45, 7) is 1.64. The number of para-hydroxylation sites is 1. The van der Waals surface area contributed by atoms with Gasteiger partial charge in [0.2, 0.25) is 0 Å². The molecule has 1 fully saturated rings. The summed E-state index contributed by atoms with van der Waals surface area (Å²) in [4.78, 5) is 14.1. The molecule has 114 valence electrons. The van der Waals surface area contributed by atoms with E-state index >= 15 is 0 Å². The van der Waals surface area contributed by atoms with E-state index in [9.17, 15) is 4.79 Å². The van der Waals surface area contributed by atoms with Crippen molar-refractivity contribution >= 4 is 23.3 Å². The SMILES string of the molecule is O=C(Nc1ccccc1)N1CCO[C@H](c2ccc(Cl)cc2)C1. The first-order chi connectivity index (χ1) is 10.7. The van der Waals surface area contributed by atoms with Crippen molar-refractivity contribution < 1.29 is 9.53 Å². The van der Waals surface area contributed by atoms with Crippen molar-refractivity contribution in [2.24, 2.45) is 0 Å². The maximum absolute atomic E-state index is 12.3. The van der Waals surface area contributed by atoms with Gasteiger partial charge in [0.15, 0.2) is 0 Å². The first-order valence-corrected chi connectivity index (χ1v) is 7.58. The number of carbonyl (C=O) groups excluding carboxylic acids is 1. The van der Waals surface area contributed by atoms with Crippen molar-refractivity contribution in [2.75, 3.05) is 25.0 Å². The minimum Gasteiger partial charge on any atom is -0.370 e. The number of hydrogen-bond donors (Lipinski definition) is 1. The highest BCUT2D eigenvalue weighted by molar-refractivity contribution is 6.30. The highest BCUT2D eigenvalue weighted by atomic mass is 35.5. The van der Waals surface area contributed by atoms with E-state index in [0.29, 0.717) is 24.7 Å². The van der Waals surface area contributed by atoms with Crippen molar-refractivity contribution in [3.8, 4) is 0 Å². The van der Waals surface area contributed by atoms with E-state index in [4.69, 9.17) is 16.3 Å². The zero-order valence-corrected chi connectivity index (χ0v) is 12.8. The monoisotopic (exact) mass is 316 g/mol. The Morgan fingerprint density at radius 2 is 1.86 bits per heavy atom. The summed E-state index contributed by atoms with van der Waals surface area (Å²) < 4.78 is 5.77. The zero-order valence-electron chi connectivity index (χ0n) is 12.0. The van der Waals surface area contributed by atoms with E-state index in [1.54, 1.807) is 4.90 Å². The molecule has 1 aliphatic heterocycles. The minimum absolute atomic E-state index is 0.103. The van der Waals surface area contributed by atoms with Crippen LogP contribution in [0.1, 0.15) is 11.7 Å². The molecule has 1 aliphatic rings. The lowest BCUT2D eigenvalue weighted by atomic mass is 10.1. The average Bonchev–Trinajstić information content (AvgIpc) is 2.56. The first kappa shape index (κ1) is 14.9. The summed E-state index contributed by atoms with van der Waals surface area (Å²) in [7, 11) is 0. The molecule has 0 spiro atoms. The molecule has 1 saturated heterocycles. The number of hydrogen-bond acceptors (Lipinski definition) is 2. The molecule has 0 radical (unpaired) electrons. The molecule has 5 heteroatoms. The maximum atomic E-state index is 12.3. The number of benzene rings is 2. The second-order valence-electron chi connectivity index (χ2n) is 5.15. The van der Waals surface area contributed by atoms with Crippen LogP contribution in [-0.2, 0) is 4.74 Å². The van der Waals surface area contributed by atoms with E-state index in [1.807, 2.05) is 54.6 Å². The molecule has 1 N–H and O–H groups in total. The number of rotatable bonds is 2. The van der Waals surface area contributed by atoms with Crippen molar-refractivity contribution in [2.45, 2.75) is 6.10 Å². The van der Waals surface area contributed by atoms with E-state index in [2.05, 4.69) is 5.32 Å². The summed E-state index contributed by atoms with van der Waals surface area (Å²) in [5.74, 6) is 0. The van der Waals surface area contributed by atoms with Crippen LogP contribution < -0.4 is 5.32 Å². The van der Waals surface area contributed by atoms with Crippen LogP contribution in [0.5, 0.6) is 0 Å². The van der Waals surface area contributed by atoms with E-state index in [0.717, 1.165) is 11.3 Å². The molecule has 0 bridgehead atoms. The number of amides is 2. The van der Waals surface area contributed by atoms with Crippen molar-refractivity contribution in [3.63, 3.8) is 0 Å². The Hall–Kier alpha value is -2.04. The number of carbonyl (C=O) groups is 1. The van der Waals surface area contributed by atoms with Gasteiger partial charge in [-0.25, -0.2) is 4.79 Å². The molecule has 0 unspecified atom stereocenters. The van der Waals surface area contributed by atoms with Gasteiger partial charge in [-0.05, 0) is 29.8 Å². The average molecular weight is 317 g/mol. The van der Waals surface area contributed by atoms with Crippen LogP contribution in [0.2, 0.25) is 5.02 Å². The Kier molecular flexibility index (Phi) is 4.61. The van der Waals surface area contributed by atoms with Crippen molar-refractivity contribution in [3.05, 3.63) is 65.2 Å². The highest BCUT2D eigenvalue weighted by Crippen LogP contribution is 2.24. The van der Waals surface area contributed by atoms with Crippen LogP contribution in [0.25, 0.3) is 0 Å². The fourth-order valence-corrected chi connectivity index (χ4v) is 2.56. The van der Waals surface area contributed by atoms with Crippen LogP contribution in [0.4, 0.5) is 10.5 Å². The molecule has 22 heavy (non-hydrogen) atoms. The van der Waals surface area contributed by atoms with E-state index in [1.165, 1.54) is 0 Å². The van der Waals surface area contributed by atoms with Crippen LogP contribution in [0, 0.1) is 0 Å². The minimum atomic E-state index is -0.118. The van der Waals surface area contributed by atoms with Crippen LogP contribution in [0.15, 0.2) is 54.6 Å². The number of ether oxygens (including phenoxy) is 1. The molecular formula is C17H17ClN2O2. The fraction of sp³-hybridized carbons (Fsp3) is 0.235. The topological polar surface area (TPSA) is 41.6 Å². The summed E-state index contributed by atoms with van der Waals surface area (Å²) in [6, 6.07) is 16.9. The smallest absolute Gasteiger partial charge is 0.322 e. The predicted molar refractivity (Wildman–Crippen MR) is 87.2 cm³/mol. The Labute approximate surface area is 134 Å². The second-order valence-corrected chi connectivity index (χ2v) is 5.59. The van der Waals surface area contributed by atoms with Gasteiger partial charge < -0.3 is 15.0 Å². The molecule has 3 rings (SSSR count). The largest absolute Gasteiger partial charge is 0.370 e. The number of anilines is 1. The lowest BCUT2D eigenvalue weighted by Crippen LogP contribution is -2.44. The summed E-state index contributed by atoms with van der Waals surface area (Å²) >= 11 is 5.90. The van der Waals surface area contributed by atoms with Gasteiger partial charge in [0, 0.05) is 17.3 Å². The summed E-state index contributed by atoms with van der Waals surface area (Å²) in [5.41, 5.74) is 1.82. The fourth-order valence-electron chi connectivity index (χ4n) is 2.44. The van der Waals surface area contributed by atoms with E-state index in [-0.39, 0.29) is 12.1 Å². The van der Waals surface area contributed by atoms with Crippen LogP contribution >= 0.6 is 11.6 Å². The highest BCUT2D eigenvalue weighted by Gasteiger charge is 2.25. The van der Waals surface area contributed by atoms with Crippen molar-refractivity contribution in [1.82, 2.24) is 4.90 Å². The second kappa shape index (κ2) is 6.81. The molecule has 2 aromatic carbocycles. The quantitative estimate of drug-likeness (QED) is 0.911. The van der Waals surface area contributed by atoms with Crippen molar-refractivity contribution in [1.29, 1.82) is 0 Å². The lowest BCUT2D eigenvalue weighted by Gasteiger charge is -2.33. The van der Waals surface area contributed by atoms with Crippen LogP contribution in [-0.4, -0.2) is 30.6 Å². The Balaban J connectivity index is 1.65. The number of halogens is 1. The van der Waals surface area contributed by atoms with Gasteiger partial charge >= 0.3 is 6.03 Å². The third-order valence-corrected chi connectivity index (χ3v) is 3.87. The first-order valence-electron chi connectivity index (χ1n) is 7.20. The molecule has 1 atom stereocenters. The molecule has 0 aliphatic carbocycles. The lowest BCUT2D eigenvalue weighted by molar-refractivity contribution is -0.0135. The Morgan fingerprint density at radius 3 is 2.59 bits per heavy atom. The van der Waals surface area contributed by atoms with Gasteiger partial charge in [-0.3, -0.25) is 0 Å². The number of urea groups is 1. The maximum Gasteiger partial charge on any atom is 0.322 e. The summed E-state index contributed by atoms with van der Waals surface area (Å²) in [5, 5.41) is 3.60.